The average molecular weight is 367 g/mol. The number of hydrogen-bond acceptors (Lipinski definition) is 3. The van der Waals surface area contributed by atoms with Gasteiger partial charge in [-0.05, 0) is 62.2 Å². The zero-order chi connectivity index (χ0) is 20.0. The molecule has 0 unspecified atom stereocenters. The van der Waals surface area contributed by atoms with Crippen LogP contribution in [0.15, 0.2) is 42.5 Å². The van der Waals surface area contributed by atoms with Crippen LogP contribution in [-0.4, -0.2) is 37.4 Å². The maximum atomic E-state index is 12.4. The predicted octanol–water partition coefficient (Wildman–Crippen LogP) is 2.97. The molecule has 1 atom stereocenters. The summed E-state index contributed by atoms with van der Waals surface area (Å²) in [5, 5.41) is 5.66. The van der Waals surface area contributed by atoms with Crippen LogP contribution in [0, 0.1) is 13.8 Å². The SMILES string of the molecule is CNC(=O)c1ccc(CN(C)CC(=O)N[C@@H](C)c2ccc(C)c(C)c2)cc1. The average Bonchev–Trinajstić information content (AvgIpc) is 2.63. The Bertz CT molecular complexity index is 800. The van der Waals surface area contributed by atoms with Gasteiger partial charge in [0.05, 0.1) is 12.6 Å². The number of benzene rings is 2. The summed E-state index contributed by atoms with van der Waals surface area (Å²) in [5.41, 5.74) is 5.27. The van der Waals surface area contributed by atoms with Crippen molar-refractivity contribution in [3.05, 3.63) is 70.3 Å². The van der Waals surface area contributed by atoms with E-state index >= 15 is 0 Å². The quantitative estimate of drug-likeness (QED) is 0.791. The van der Waals surface area contributed by atoms with Gasteiger partial charge < -0.3 is 10.6 Å². The lowest BCUT2D eigenvalue weighted by Crippen LogP contribution is -2.36. The van der Waals surface area contributed by atoms with E-state index in [4.69, 9.17) is 0 Å². The molecule has 5 nitrogen and oxygen atoms in total. The molecule has 2 N–H and O–H groups in total. The molecular formula is C22H29N3O2. The Morgan fingerprint density at radius 2 is 1.70 bits per heavy atom. The van der Waals surface area contributed by atoms with E-state index in [1.165, 1.54) is 11.1 Å². The standard InChI is InChI=1S/C22H29N3O2/c1-15-6-9-20(12-16(15)2)17(3)24-21(26)14-25(5)13-18-7-10-19(11-8-18)22(27)23-4/h6-12,17H,13-14H2,1-5H3,(H,23,27)(H,24,26)/t17-/m0/s1. The number of carbonyl (C=O) groups excluding carboxylic acids is 2. The third-order valence-electron chi connectivity index (χ3n) is 4.72. The highest BCUT2D eigenvalue weighted by Gasteiger charge is 2.13. The molecule has 2 aromatic carbocycles. The van der Waals surface area contributed by atoms with Crippen LogP contribution in [0.5, 0.6) is 0 Å². The Balaban J connectivity index is 1.87. The molecule has 27 heavy (non-hydrogen) atoms. The Labute approximate surface area is 161 Å². The number of nitrogens with zero attached hydrogens (tertiary/aromatic N) is 1. The third kappa shape index (κ3) is 5.93. The molecule has 0 aliphatic rings. The van der Waals surface area contributed by atoms with Crippen molar-refractivity contribution >= 4 is 11.8 Å². The summed E-state index contributed by atoms with van der Waals surface area (Å²) >= 11 is 0. The smallest absolute Gasteiger partial charge is 0.251 e. The molecule has 0 bridgehead atoms. The molecule has 5 heteroatoms. The minimum atomic E-state index is -0.102. The monoisotopic (exact) mass is 367 g/mol. The first-order chi connectivity index (χ1) is 12.8. The van der Waals surface area contributed by atoms with Gasteiger partial charge in [0.15, 0.2) is 0 Å². The van der Waals surface area contributed by atoms with Crippen LogP contribution < -0.4 is 10.6 Å². The first-order valence-electron chi connectivity index (χ1n) is 9.16. The lowest BCUT2D eigenvalue weighted by molar-refractivity contribution is -0.122. The molecule has 0 radical (unpaired) electrons. The van der Waals surface area contributed by atoms with Gasteiger partial charge in [0.1, 0.15) is 0 Å². The van der Waals surface area contributed by atoms with E-state index in [9.17, 15) is 9.59 Å². The second kappa shape index (κ2) is 9.33. The first kappa shape index (κ1) is 20.6. The van der Waals surface area contributed by atoms with Gasteiger partial charge in [0.25, 0.3) is 5.91 Å². The number of hydrogen-bond donors (Lipinski definition) is 2. The second-order valence-corrected chi connectivity index (χ2v) is 7.08. The lowest BCUT2D eigenvalue weighted by Gasteiger charge is -2.20. The Kier molecular flexibility index (Phi) is 7.13. The van der Waals surface area contributed by atoms with Crippen molar-refractivity contribution in [3.8, 4) is 0 Å². The highest BCUT2D eigenvalue weighted by Crippen LogP contribution is 2.16. The summed E-state index contributed by atoms with van der Waals surface area (Å²) in [7, 11) is 3.52. The number of rotatable bonds is 7. The lowest BCUT2D eigenvalue weighted by atomic mass is 10.0. The van der Waals surface area contributed by atoms with Gasteiger partial charge in [-0.1, -0.05) is 30.3 Å². The molecule has 2 rings (SSSR count). The minimum absolute atomic E-state index is 0.00907. The van der Waals surface area contributed by atoms with Crippen LogP contribution in [0.2, 0.25) is 0 Å². The molecule has 0 aliphatic heterocycles. The summed E-state index contributed by atoms with van der Waals surface area (Å²) in [6, 6.07) is 13.7. The van der Waals surface area contributed by atoms with Crippen LogP contribution in [0.4, 0.5) is 0 Å². The largest absolute Gasteiger partial charge is 0.355 e. The fourth-order valence-corrected chi connectivity index (χ4v) is 2.92. The molecule has 0 spiro atoms. The van der Waals surface area contributed by atoms with Crippen molar-refractivity contribution in [1.29, 1.82) is 0 Å². The van der Waals surface area contributed by atoms with Gasteiger partial charge in [-0.25, -0.2) is 0 Å². The second-order valence-electron chi connectivity index (χ2n) is 7.08. The molecule has 0 heterocycles. The van der Waals surface area contributed by atoms with Crippen LogP contribution in [0.25, 0.3) is 0 Å². The van der Waals surface area contributed by atoms with E-state index in [-0.39, 0.29) is 17.9 Å². The number of aryl methyl sites for hydroxylation is 2. The van der Waals surface area contributed by atoms with Crippen LogP contribution in [0.1, 0.15) is 45.6 Å². The molecule has 144 valence electrons. The third-order valence-corrected chi connectivity index (χ3v) is 4.72. The van der Waals surface area contributed by atoms with Crippen molar-refractivity contribution in [2.45, 2.75) is 33.4 Å². The van der Waals surface area contributed by atoms with Gasteiger partial charge in [0, 0.05) is 19.2 Å². The summed E-state index contributed by atoms with van der Waals surface area (Å²) in [6.07, 6.45) is 0. The van der Waals surface area contributed by atoms with Crippen LogP contribution in [0.3, 0.4) is 0 Å². The van der Waals surface area contributed by atoms with Gasteiger partial charge >= 0.3 is 0 Å². The molecule has 0 aliphatic carbocycles. The van der Waals surface area contributed by atoms with Crippen LogP contribution in [-0.2, 0) is 11.3 Å². The Morgan fingerprint density at radius 1 is 1.04 bits per heavy atom. The zero-order valence-corrected chi connectivity index (χ0v) is 16.8. The Hall–Kier alpha value is -2.66. The van der Waals surface area contributed by atoms with Crippen molar-refractivity contribution < 1.29 is 9.59 Å². The van der Waals surface area contributed by atoms with Crippen molar-refractivity contribution in [2.24, 2.45) is 0 Å². The van der Waals surface area contributed by atoms with E-state index < -0.39 is 0 Å². The van der Waals surface area contributed by atoms with Crippen LogP contribution >= 0.6 is 0 Å². The number of amides is 2. The maximum absolute atomic E-state index is 12.4. The predicted molar refractivity (Wildman–Crippen MR) is 109 cm³/mol. The zero-order valence-electron chi connectivity index (χ0n) is 16.8. The number of carbonyl (C=O) groups is 2. The van der Waals surface area contributed by atoms with Gasteiger partial charge in [-0.3, -0.25) is 14.5 Å². The highest BCUT2D eigenvalue weighted by atomic mass is 16.2. The molecule has 0 aromatic heterocycles. The highest BCUT2D eigenvalue weighted by molar-refractivity contribution is 5.93. The van der Waals surface area contributed by atoms with Crippen molar-refractivity contribution in [1.82, 2.24) is 15.5 Å². The topological polar surface area (TPSA) is 61.4 Å². The molecule has 2 aromatic rings. The summed E-state index contributed by atoms with van der Waals surface area (Å²) < 4.78 is 0. The Morgan fingerprint density at radius 3 is 2.30 bits per heavy atom. The summed E-state index contributed by atoms with van der Waals surface area (Å²) in [4.78, 5) is 25.9. The molecule has 0 saturated heterocycles. The van der Waals surface area contributed by atoms with E-state index in [1.807, 2.05) is 31.0 Å². The number of nitrogens with one attached hydrogen (secondary N) is 2. The van der Waals surface area contributed by atoms with E-state index in [0.717, 1.165) is 11.1 Å². The van der Waals surface area contributed by atoms with Gasteiger partial charge in [-0.15, -0.1) is 0 Å². The maximum Gasteiger partial charge on any atom is 0.251 e. The number of likely N-dealkylation sites (N-methyl/N-ethyl adjacent to an activating group) is 1. The van der Waals surface area contributed by atoms with Crippen molar-refractivity contribution in [2.75, 3.05) is 20.6 Å². The van der Waals surface area contributed by atoms with E-state index in [2.05, 4.69) is 42.7 Å². The van der Waals surface area contributed by atoms with E-state index in [0.29, 0.717) is 18.7 Å². The molecular weight excluding hydrogens is 338 g/mol. The van der Waals surface area contributed by atoms with Crippen molar-refractivity contribution in [3.63, 3.8) is 0 Å². The van der Waals surface area contributed by atoms with E-state index in [1.54, 1.807) is 19.2 Å². The fourth-order valence-electron chi connectivity index (χ4n) is 2.92. The fraction of sp³-hybridized carbons (Fsp3) is 0.364. The van der Waals surface area contributed by atoms with Gasteiger partial charge in [0.2, 0.25) is 5.91 Å². The molecule has 0 saturated carbocycles. The molecule has 0 fully saturated rings. The summed E-state index contributed by atoms with van der Waals surface area (Å²) in [5.74, 6) is -0.111. The minimum Gasteiger partial charge on any atom is -0.355 e. The van der Waals surface area contributed by atoms with Gasteiger partial charge in [-0.2, -0.15) is 0 Å². The first-order valence-corrected chi connectivity index (χ1v) is 9.16. The summed E-state index contributed by atoms with van der Waals surface area (Å²) in [6.45, 7) is 7.11. The molecule has 2 amide bonds. The normalized spacial score (nSPS) is 11.9.